The van der Waals surface area contributed by atoms with Crippen LogP contribution >= 0.6 is 0 Å². The Balaban J connectivity index is 1.88. The number of hydrogen-bond donors (Lipinski definition) is 0. The topological polar surface area (TPSA) is 63.2 Å². The second-order valence-electron chi connectivity index (χ2n) is 6.93. The Hall–Kier alpha value is -3.53. The Bertz CT molecular complexity index is 1270. The third-order valence-electron chi connectivity index (χ3n) is 4.83. The molecule has 162 valence electrons. The summed E-state index contributed by atoms with van der Waals surface area (Å²) in [6, 6.07) is 7.02. The molecule has 0 saturated heterocycles. The van der Waals surface area contributed by atoms with Crippen LogP contribution in [0, 0.1) is 0 Å². The first-order chi connectivity index (χ1) is 14.8. The molecule has 0 aliphatic heterocycles. The number of nitrogens with zero attached hydrogens (tertiary/aromatic N) is 4. The van der Waals surface area contributed by atoms with Gasteiger partial charge in [0.2, 0.25) is 0 Å². The van der Waals surface area contributed by atoms with E-state index in [9.17, 15) is 18.0 Å². The summed E-state index contributed by atoms with van der Waals surface area (Å²) < 4.78 is 51.3. The van der Waals surface area contributed by atoms with Gasteiger partial charge in [0, 0.05) is 61.5 Å². The van der Waals surface area contributed by atoms with E-state index in [2.05, 4.69) is 9.84 Å². The summed E-state index contributed by atoms with van der Waals surface area (Å²) in [5.74, 6) is -0.360. The molecule has 0 aliphatic rings. The highest BCUT2D eigenvalue weighted by atomic mass is 19.4. The molecule has 1 aromatic carbocycles. The first-order valence-corrected chi connectivity index (χ1v) is 9.35. The van der Waals surface area contributed by atoms with E-state index in [1.807, 2.05) is 18.5 Å². The molecule has 0 atom stereocenters. The van der Waals surface area contributed by atoms with Gasteiger partial charge in [-0.15, -0.1) is 13.2 Å². The number of methoxy groups -OCH3 is 1. The molecular weight excluding hydrogens is 413 g/mol. The minimum Gasteiger partial charge on any atom is -0.406 e. The molecule has 0 aliphatic carbocycles. The number of alkyl halides is 3. The average molecular weight is 432 g/mol. The molecule has 0 unspecified atom stereocenters. The predicted molar refractivity (Wildman–Crippen MR) is 108 cm³/mol. The average Bonchev–Trinajstić information content (AvgIpc) is 3.33. The Labute approximate surface area is 174 Å². The van der Waals surface area contributed by atoms with E-state index in [4.69, 9.17) is 4.74 Å². The molecule has 0 spiro atoms. The number of aromatic nitrogens is 4. The van der Waals surface area contributed by atoms with Crippen LogP contribution in [-0.2, 0) is 18.3 Å². The fourth-order valence-electron chi connectivity index (χ4n) is 3.47. The van der Waals surface area contributed by atoms with Crippen molar-refractivity contribution in [1.29, 1.82) is 0 Å². The van der Waals surface area contributed by atoms with Crippen LogP contribution < -0.4 is 10.3 Å². The first-order valence-electron chi connectivity index (χ1n) is 9.35. The highest BCUT2D eigenvalue weighted by molar-refractivity contribution is 5.94. The van der Waals surface area contributed by atoms with Crippen molar-refractivity contribution in [2.24, 2.45) is 7.05 Å². The molecule has 0 fully saturated rings. The number of benzene rings is 1. The van der Waals surface area contributed by atoms with Gasteiger partial charge in [0.25, 0.3) is 5.56 Å². The molecule has 31 heavy (non-hydrogen) atoms. The third kappa shape index (κ3) is 4.19. The number of aryl methyl sites for hydroxylation is 1. The van der Waals surface area contributed by atoms with Gasteiger partial charge >= 0.3 is 6.36 Å². The maximum atomic E-state index is 13.3. The number of pyridine rings is 1. The van der Waals surface area contributed by atoms with Gasteiger partial charge in [-0.3, -0.25) is 14.0 Å². The lowest BCUT2D eigenvalue weighted by Crippen LogP contribution is -2.21. The summed E-state index contributed by atoms with van der Waals surface area (Å²) in [6.45, 7) is 0.897. The van der Waals surface area contributed by atoms with Crippen LogP contribution in [0.1, 0.15) is 0 Å². The molecule has 0 amide bonds. The number of fused-ring (bicyclic) bond motifs is 1. The molecule has 0 radical (unpaired) electrons. The second-order valence-corrected chi connectivity index (χ2v) is 6.93. The van der Waals surface area contributed by atoms with E-state index in [0.29, 0.717) is 24.4 Å². The van der Waals surface area contributed by atoms with Gasteiger partial charge in [0.15, 0.2) is 0 Å². The Morgan fingerprint density at radius 3 is 2.45 bits per heavy atom. The highest BCUT2D eigenvalue weighted by Crippen LogP contribution is 2.29. The zero-order valence-electron chi connectivity index (χ0n) is 16.8. The van der Waals surface area contributed by atoms with Gasteiger partial charge in [-0.1, -0.05) is 0 Å². The van der Waals surface area contributed by atoms with Crippen LogP contribution in [0.25, 0.3) is 27.7 Å². The number of hydrogen-bond acceptors (Lipinski definition) is 4. The molecule has 7 nitrogen and oxygen atoms in total. The zero-order chi connectivity index (χ0) is 22.2. The van der Waals surface area contributed by atoms with Crippen LogP contribution in [0.2, 0.25) is 0 Å². The largest absolute Gasteiger partial charge is 0.573 e. The summed E-state index contributed by atoms with van der Waals surface area (Å²) in [5.41, 5.74) is 2.16. The molecule has 4 aromatic rings. The molecular formula is C21H19F3N4O3. The van der Waals surface area contributed by atoms with Gasteiger partial charge in [-0.25, -0.2) is 0 Å². The van der Waals surface area contributed by atoms with Crippen molar-refractivity contribution in [3.8, 4) is 22.6 Å². The maximum Gasteiger partial charge on any atom is 0.573 e. The maximum absolute atomic E-state index is 13.3. The van der Waals surface area contributed by atoms with Crippen LogP contribution in [0.5, 0.6) is 5.75 Å². The molecule has 0 saturated carbocycles. The Morgan fingerprint density at radius 2 is 1.84 bits per heavy atom. The van der Waals surface area contributed by atoms with Gasteiger partial charge < -0.3 is 14.0 Å². The quantitative estimate of drug-likeness (QED) is 0.466. The first kappa shape index (κ1) is 20.7. The van der Waals surface area contributed by atoms with Crippen molar-refractivity contribution in [2.75, 3.05) is 13.7 Å². The predicted octanol–water partition coefficient (Wildman–Crippen LogP) is 3.74. The van der Waals surface area contributed by atoms with Crippen molar-refractivity contribution < 1.29 is 22.6 Å². The number of halogens is 3. The monoisotopic (exact) mass is 432 g/mol. The SMILES string of the molecule is COCCn1ccc2c(-c3cnn(C)c3)cn(-c3ccc(OC(F)(F)F)cc3)c(=O)c21. The van der Waals surface area contributed by atoms with E-state index in [1.54, 1.807) is 35.8 Å². The number of rotatable bonds is 6. The van der Waals surface area contributed by atoms with Gasteiger partial charge in [-0.2, -0.15) is 5.10 Å². The van der Waals surface area contributed by atoms with E-state index < -0.39 is 6.36 Å². The smallest absolute Gasteiger partial charge is 0.406 e. The van der Waals surface area contributed by atoms with Crippen LogP contribution in [0.15, 0.2) is 59.9 Å². The second kappa shape index (κ2) is 7.95. The zero-order valence-corrected chi connectivity index (χ0v) is 16.8. The minimum atomic E-state index is -4.78. The summed E-state index contributed by atoms with van der Waals surface area (Å²) in [5, 5.41) is 4.96. The van der Waals surface area contributed by atoms with E-state index in [0.717, 1.165) is 16.5 Å². The van der Waals surface area contributed by atoms with Crippen LogP contribution in [0.3, 0.4) is 0 Å². The fourth-order valence-corrected chi connectivity index (χ4v) is 3.47. The lowest BCUT2D eigenvalue weighted by atomic mass is 10.1. The molecule has 10 heteroatoms. The minimum absolute atomic E-state index is 0.298. The van der Waals surface area contributed by atoms with Gasteiger partial charge in [0.1, 0.15) is 11.3 Å². The normalized spacial score (nSPS) is 11.9. The van der Waals surface area contributed by atoms with Crippen LogP contribution in [-0.4, -0.2) is 39.0 Å². The van der Waals surface area contributed by atoms with E-state index >= 15 is 0 Å². The van der Waals surface area contributed by atoms with E-state index in [1.165, 1.54) is 28.8 Å². The summed E-state index contributed by atoms with van der Waals surface area (Å²) >= 11 is 0. The number of ether oxygens (including phenoxy) is 2. The lowest BCUT2D eigenvalue weighted by Gasteiger charge is -2.13. The molecule has 0 N–H and O–H groups in total. The molecule has 0 bridgehead atoms. The summed E-state index contributed by atoms with van der Waals surface area (Å²) in [7, 11) is 3.37. The van der Waals surface area contributed by atoms with Gasteiger partial charge in [0.05, 0.1) is 12.8 Å². The Morgan fingerprint density at radius 1 is 1.10 bits per heavy atom. The van der Waals surface area contributed by atoms with Crippen molar-refractivity contribution in [2.45, 2.75) is 12.9 Å². The summed E-state index contributed by atoms with van der Waals surface area (Å²) in [4.78, 5) is 13.3. The van der Waals surface area contributed by atoms with Crippen molar-refractivity contribution in [3.05, 3.63) is 65.5 Å². The van der Waals surface area contributed by atoms with Crippen LogP contribution in [0.4, 0.5) is 13.2 Å². The lowest BCUT2D eigenvalue weighted by molar-refractivity contribution is -0.274. The van der Waals surface area contributed by atoms with E-state index in [-0.39, 0.29) is 11.3 Å². The fraction of sp³-hybridized carbons (Fsp3) is 0.238. The Kier molecular flexibility index (Phi) is 5.32. The van der Waals surface area contributed by atoms with Crippen molar-refractivity contribution in [3.63, 3.8) is 0 Å². The molecule has 3 heterocycles. The third-order valence-corrected chi connectivity index (χ3v) is 4.83. The van der Waals surface area contributed by atoms with Gasteiger partial charge in [-0.05, 0) is 30.3 Å². The standard InChI is InChI=1S/C21H19F3N4O3/c1-26-12-14(11-25-26)18-13-28(15-3-5-16(6-4-15)31-21(22,23)24)20(29)19-17(18)7-8-27(19)9-10-30-2/h3-8,11-13H,9-10H2,1-2H3. The summed E-state index contributed by atoms with van der Waals surface area (Å²) in [6.07, 6.45) is 2.22. The van der Waals surface area contributed by atoms with Crippen molar-refractivity contribution >= 4 is 10.9 Å². The molecule has 4 rings (SSSR count). The molecule has 3 aromatic heterocycles. The van der Waals surface area contributed by atoms with Crippen molar-refractivity contribution in [1.82, 2.24) is 18.9 Å². The highest BCUT2D eigenvalue weighted by Gasteiger charge is 2.31.